The third-order valence-electron chi connectivity index (χ3n) is 9.66. The second kappa shape index (κ2) is 25.5. The summed E-state index contributed by atoms with van der Waals surface area (Å²) in [6.07, 6.45) is -0.888. The fourth-order valence-corrected chi connectivity index (χ4v) is 7.77. The topological polar surface area (TPSA) is 171 Å². The maximum absolute atomic E-state index is 13.6. The Morgan fingerprint density at radius 1 is 0.714 bits per heavy atom. The Kier molecular flexibility index (Phi) is 20.3. The molecule has 0 unspecified atom stereocenters. The van der Waals surface area contributed by atoms with E-state index in [2.05, 4.69) is 48.5 Å². The first-order valence-corrected chi connectivity index (χ1v) is 22.9. The molecule has 4 aromatic rings. The summed E-state index contributed by atoms with van der Waals surface area (Å²) >= 11 is 0. The molecule has 0 aliphatic rings. The summed E-state index contributed by atoms with van der Waals surface area (Å²) < 4.78 is 40.8. The average Bonchev–Trinajstić information content (AvgIpc) is 3.25. The number of ether oxygens (including phenoxy) is 2. The normalized spacial score (nSPS) is 12.3. The van der Waals surface area contributed by atoms with Crippen LogP contribution < -0.4 is 20.9 Å². The molecule has 63 heavy (non-hydrogen) atoms. The number of nitrogens with one attached hydrogen (secondary N) is 3. The first-order chi connectivity index (χ1) is 30.1. The summed E-state index contributed by atoms with van der Waals surface area (Å²) in [5, 5.41) is 8.53. The van der Waals surface area contributed by atoms with Gasteiger partial charge in [-0.3, -0.25) is 28.0 Å². The number of carbonyl (C=O) groups excluding carboxylic acids is 4. The lowest BCUT2D eigenvalue weighted by Crippen LogP contribution is -2.35. The van der Waals surface area contributed by atoms with E-state index >= 15 is 0 Å². The summed E-state index contributed by atoms with van der Waals surface area (Å²) in [6.45, 7) is 14.6. The molecule has 15 heteroatoms. The lowest BCUT2D eigenvalue weighted by Gasteiger charge is -2.31. The minimum Gasteiger partial charge on any atom is -0.428 e. The van der Waals surface area contributed by atoms with E-state index in [1.807, 2.05) is 92.7 Å². The van der Waals surface area contributed by atoms with Crippen LogP contribution in [0.2, 0.25) is 0 Å². The van der Waals surface area contributed by atoms with Gasteiger partial charge in [0.2, 0.25) is 12.7 Å². The van der Waals surface area contributed by atoms with Crippen molar-refractivity contribution in [3.05, 3.63) is 125 Å². The Labute approximate surface area is 372 Å². The monoisotopic (exact) mass is 886 g/mol. The third-order valence-corrected chi connectivity index (χ3v) is 11.1. The number of phosphoric acid groups is 1. The van der Waals surface area contributed by atoms with Crippen molar-refractivity contribution in [2.24, 2.45) is 11.8 Å². The molecule has 3 N–H and O–H groups in total. The van der Waals surface area contributed by atoms with Gasteiger partial charge in [0.1, 0.15) is 6.10 Å². The number of hydrogen-bond acceptors (Lipinski definition) is 11. The predicted molar refractivity (Wildman–Crippen MR) is 245 cm³/mol. The van der Waals surface area contributed by atoms with Gasteiger partial charge in [-0.05, 0) is 79.0 Å². The molecular weight excluding hydrogens is 824 g/mol. The van der Waals surface area contributed by atoms with Gasteiger partial charge in [-0.25, -0.2) is 9.36 Å². The Bertz CT molecular complexity index is 2040. The molecule has 0 aliphatic carbocycles. The van der Waals surface area contributed by atoms with Gasteiger partial charge in [-0.2, -0.15) is 0 Å². The molecular formula is C48H63N4O10P. The fraction of sp³-hybridized carbons (Fsp3) is 0.417. The second-order valence-electron chi connectivity index (χ2n) is 16.1. The molecule has 0 bridgehead atoms. The maximum Gasteiger partial charge on any atom is 0.476 e. The van der Waals surface area contributed by atoms with Crippen LogP contribution >= 0.6 is 7.82 Å². The largest absolute Gasteiger partial charge is 0.476 e. The van der Waals surface area contributed by atoms with Crippen molar-refractivity contribution in [1.29, 1.82) is 0 Å². The molecule has 3 amide bonds. The van der Waals surface area contributed by atoms with Crippen LogP contribution in [-0.4, -0.2) is 56.4 Å². The number of amides is 3. The lowest BCUT2D eigenvalue weighted by molar-refractivity contribution is -0.167. The number of nitrogens with zero attached hydrogens (tertiary/aromatic N) is 1. The molecule has 0 fully saturated rings. The van der Waals surface area contributed by atoms with Crippen LogP contribution in [0.5, 0.6) is 0 Å². The Balaban J connectivity index is 1.28. The Morgan fingerprint density at radius 2 is 1.29 bits per heavy atom. The predicted octanol–water partition coefficient (Wildman–Crippen LogP) is 10.1. The summed E-state index contributed by atoms with van der Waals surface area (Å²) in [5.74, 6) is -1.45. The Morgan fingerprint density at radius 3 is 1.84 bits per heavy atom. The highest BCUT2D eigenvalue weighted by Crippen LogP contribution is 2.52. The van der Waals surface area contributed by atoms with Crippen LogP contribution in [0.3, 0.4) is 0 Å². The van der Waals surface area contributed by atoms with Gasteiger partial charge in [0.25, 0.3) is 0 Å². The lowest BCUT2D eigenvalue weighted by atomic mass is 9.92. The minimum atomic E-state index is -4.23. The molecule has 0 aromatic heterocycles. The number of rotatable bonds is 25. The van der Waals surface area contributed by atoms with Gasteiger partial charge < -0.3 is 30.3 Å². The van der Waals surface area contributed by atoms with Gasteiger partial charge in [0.15, 0.2) is 0 Å². The molecule has 14 nitrogen and oxygen atoms in total. The molecule has 0 heterocycles. The highest BCUT2D eigenvalue weighted by molar-refractivity contribution is 7.48. The van der Waals surface area contributed by atoms with Crippen molar-refractivity contribution >= 4 is 48.8 Å². The molecule has 2 atom stereocenters. The van der Waals surface area contributed by atoms with Crippen molar-refractivity contribution in [3.63, 3.8) is 0 Å². The van der Waals surface area contributed by atoms with Crippen LogP contribution in [-0.2, 0) is 55.2 Å². The van der Waals surface area contributed by atoms with Gasteiger partial charge in [0, 0.05) is 25.3 Å². The van der Waals surface area contributed by atoms with E-state index < -0.39 is 38.6 Å². The Hall–Kier alpha value is -5.53. The zero-order valence-electron chi connectivity index (χ0n) is 37.5. The van der Waals surface area contributed by atoms with E-state index in [0.717, 1.165) is 41.0 Å². The van der Waals surface area contributed by atoms with Crippen LogP contribution in [0.25, 0.3) is 0 Å². The quantitative estimate of drug-likeness (QED) is 0.0329. The van der Waals surface area contributed by atoms with E-state index in [4.69, 9.17) is 23.0 Å². The zero-order chi connectivity index (χ0) is 45.8. The highest BCUT2D eigenvalue weighted by Gasteiger charge is 2.32. The number of carbonyl (C=O) groups is 4. The minimum absolute atomic E-state index is 0.00598. The highest BCUT2D eigenvalue weighted by atomic mass is 31.2. The second-order valence-corrected chi connectivity index (χ2v) is 17.7. The number of aryl methyl sites for hydroxylation is 1. The summed E-state index contributed by atoms with van der Waals surface area (Å²) in [7, 11) is -4.23. The molecule has 4 rings (SSSR count). The number of esters is 2. The standard InChI is InChI=1S/C48H63N4O10P/c1-8-40(41-21-24-44(52(29-34(2)3)30-35(4)5)43(27-41)51-48(56)50-42-22-19-36(6)20-23-42)28-46(54)59-33-58-45(53)25-26-49-47(55)37(7)62-63(57,60-31-38-15-11-9-12-16-38)61-32-39-17-13-10-14-18-39/h9-24,27,34-35,37,40H,8,25-26,28-33H2,1-7H3,(H,49,55)(H2,50,51,56)/t37-,40-/m0/s1. The average molecular weight is 887 g/mol. The van der Waals surface area contributed by atoms with Gasteiger partial charge in [-0.1, -0.05) is 119 Å². The molecule has 0 saturated heterocycles. The van der Waals surface area contributed by atoms with E-state index in [0.29, 0.717) is 29.6 Å². The zero-order valence-corrected chi connectivity index (χ0v) is 38.4. The van der Waals surface area contributed by atoms with Crippen molar-refractivity contribution in [1.82, 2.24) is 5.32 Å². The molecule has 340 valence electrons. The molecule has 0 aliphatic heterocycles. The first-order valence-electron chi connectivity index (χ1n) is 21.4. The van der Waals surface area contributed by atoms with Crippen molar-refractivity contribution < 1.29 is 46.8 Å². The van der Waals surface area contributed by atoms with Crippen molar-refractivity contribution in [2.45, 2.75) is 93.0 Å². The number of anilines is 3. The molecule has 0 radical (unpaired) electrons. The maximum atomic E-state index is 13.6. The van der Waals surface area contributed by atoms with Gasteiger partial charge in [-0.15, -0.1) is 0 Å². The number of benzene rings is 4. The van der Waals surface area contributed by atoms with Crippen LogP contribution in [0.4, 0.5) is 21.9 Å². The third kappa shape index (κ3) is 18.0. The summed E-state index contributed by atoms with van der Waals surface area (Å²) in [5.41, 5.74) is 5.54. The number of phosphoric ester groups is 1. The van der Waals surface area contributed by atoms with E-state index in [1.165, 1.54) is 6.92 Å². The van der Waals surface area contributed by atoms with Gasteiger partial charge in [0.05, 0.1) is 37.4 Å². The summed E-state index contributed by atoms with van der Waals surface area (Å²) in [6, 6.07) is 31.1. The van der Waals surface area contributed by atoms with Crippen molar-refractivity contribution in [3.8, 4) is 0 Å². The van der Waals surface area contributed by atoms with Crippen LogP contribution in [0.1, 0.15) is 89.0 Å². The smallest absolute Gasteiger partial charge is 0.428 e. The summed E-state index contributed by atoms with van der Waals surface area (Å²) in [4.78, 5) is 53.9. The number of urea groups is 1. The van der Waals surface area contributed by atoms with Crippen LogP contribution in [0.15, 0.2) is 103 Å². The van der Waals surface area contributed by atoms with Crippen LogP contribution in [0, 0.1) is 18.8 Å². The van der Waals surface area contributed by atoms with Crippen molar-refractivity contribution in [2.75, 3.05) is 42.0 Å². The molecule has 0 spiro atoms. The van der Waals surface area contributed by atoms with E-state index in [-0.39, 0.29) is 44.5 Å². The fourth-order valence-electron chi connectivity index (χ4n) is 6.48. The van der Waals surface area contributed by atoms with E-state index in [1.54, 1.807) is 24.3 Å². The van der Waals surface area contributed by atoms with E-state index in [9.17, 15) is 23.7 Å². The number of hydrogen-bond donors (Lipinski definition) is 3. The van der Waals surface area contributed by atoms with Gasteiger partial charge >= 0.3 is 25.8 Å². The SMILES string of the molecule is CC[C@@H](CC(=O)OCOC(=O)CCNC(=O)[C@H](C)OP(=O)(OCc1ccccc1)OCc1ccccc1)c1ccc(N(CC(C)C)CC(C)C)c(NC(=O)Nc2ccc(C)cc2)c1. The molecule has 0 saturated carbocycles. The molecule has 4 aromatic carbocycles. The first kappa shape index (κ1) is 50.1.